The van der Waals surface area contributed by atoms with E-state index < -0.39 is 10.0 Å². The highest BCUT2D eigenvalue weighted by atomic mass is 79.9. The number of halogens is 1. The van der Waals surface area contributed by atoms with Crippen LogP contribution in [-0.4, -0.2) is 58.7 Å². The average molecular weight is 446 g/mol. The molecule has 8 heteroatoms. The Balaban J connectivity index is 1.91. The van der Waals surface area contributed by atoms with Crippen LogP contribution in [0.15, 0.2) is 22.7 Å². The number of hydrogen-bond donors (Lipinski definition) is 1. The van der Waals surface area contributed by atoms with E-state index in [1.807, 2.05) is 6.92 Å². The van der Waals surface area contributed by atoms with Crippen molar-refractivity contribution >= 4 is 37.5 Å². The molecule has 6 nitrogen and oxygen atoms in total. The lowest BCUT2D eigenvalue weighted by Crippen LogP contribution is -2.41. The van der Waals surface area contributed by atoms with Crippen molar-refractivity contribution in [2.24, 2.45) is 5.92 Å². The second-order valence-electron chi connectivity index (χ2n) is 7.09. The van der Waals surface area contributed by atoms with Gasteiger partial charge in [-0.25, -0.2) is 8.42 Å². The Morgan fingerprint density at radius 3 is 2.58 bits per heavy atom. The topological polar surface area (TPSA) is 69.7 Å². The Bertz CT molecular complexity index is 731. The lowest BCUT2D eigenvalue weighted by molar-refractivity contribution is -0.119. The molecule has 0 aliphatic carbocycles. The Kier molecular flexibility index (Phi) is 7.49. The fourth-order valence-electron chi connectivity index (χ4n) is 3.14. The van der Waals surface area contributed by atoms with Gasteiger partial charge in [-0.05, 0) is 76.0 Å². The van der Waals surface area contributed by atoms with E-state index in [0.29, 0.717) is 18.2 Å². The first-order valence-corrected chi connectivity index (χ1v) is 11.5. The van der Waals surface area contributed by atoms with Crippen LogP contribution >= 0.6 is 15.9 Å². The largest absolute Gasteiger partial charge is 0.355 e. The summed E-state index contributed by atoms with van der Waals surface area (Å²) in [6, 6.07) is 5.25. The monoisotopic (exact) mass is 445 g/mol. The molecule has 1 fully saturated rings. The third kappa shape index (κ3) is 6.25. The van der Waals surface area contributed by atoms with E-state index in [1.165, 1.54) is 0 Å². The van der Waals surface area contributed by atoms with Gasteiger partial charge in [-0.1, -0.05) is 15.9 Å². The first-order chi connectivity index (χ1) is 12.2. The van der Waals surface area contributed by atoms with Gasteiger partial charge in [0.25, 0.3) is 0 Å². The van der Waals surface area contributed by atoms with Crippen LogP contribution in [0.1, 0.15) is 24.8 Å². The summed E-state index contributed by atoms with van der Waals surface area (Å²) in [6.07, 6.45) is 4.37. The predicted octanol–water partition coefficient (Wildman–Crippen LogP) is 2.37. The number of carbonyl (C=O) groups excluding carboxylic acids is 1. The van der Waals surface area contributed by atoms with Crippen LogP contribution in [-0.2, 0) is 14.8 Å². The minimum absolute atomic E-state index is 0.201. The summed E-state index contributed by atoms with van der Waals surface area (Å²) in [5, 5.41) is 2.87. The first-order valence-electron chi connectivity index (χ1n) is 8.86. The van der Waals surface area contributed by atoms with Gasteiger partial charge in [0, 0.05) is 11.0 Å². The number of amides is 1. The number of nitrogens with zero attached hydrogens (tertiary/aromatic N) is 2. The lowest BCUT2D eigenvalue weighted by atomic mass is 9.94. The molecule has 0 atom stereocenters. The highest BCUT2D eigenvalue weighted by Crippen LogP contribution is 2.24. The third-order valence-electron chi connectivity index (χ3n) is 4.83. The Morgan fingerprint density at radius 1 is 1.35 bits per heavy atom. The lowest BCUT2D eigenvalue weighted by Gasteiger charge is -2.29. The maximum atomic E-state index is 12.3. The SMILES string of the molecule is Cc1cc(N(CC(=O)NCCC2CCN(C)CC2)S(C)(=O)=O)ccc1Br. The van der Waals surface area contributed by atoms with Crippen molar-refractivity contribution in [1.29, 1.82) is 0 Å². The summed E-state index contributed by atoms with van der Waals surface area (Å²) in [5.74, 6) is 0.357. The van der Waals surface area contributed by atoms with E-state index in [4.69, 9.17) is 0 Å². The molecule has 1 N–H and O–H groups in total. The molecule has 2 rings (SSSR count). The van der Waals surface area contributed by atoms with Crippen LogP contribution < -0.4 is 9.62 Å². The van der Waals surface area contributed by atoms with Crippen molar-refractivity contribution in [3.05, 3.63) is 28.2 Å². The van der Waals surface area contributed by atoms with E-state index in [-0.39, 0.29) is 12.5 Å². The third-order valence-corrected chi connectivity index (χ3v) is 6.86. The second-order valence-corrected chi connectivity index (χ2v) is 9.85. The standard InChI is InChI=1S/C18H28BrN3O3S/c1-14-12-16(4-5-17(14)19)22(26(3,24)25)13-18(23)20-9-6-15-7-10-21(2)11-8-15/h4-5,12,15H,6-11,13H2,1-3H3,(H,20,23). The molecule has 1 amide bonds. The molecule has 1 aromatic carbocycles. The van der Waals surface area contributed by atoms with Gasteiger partial charge in [0.05, 0.1) is 11.9 Å². The zero-order chi connectivity index (χ0) is 19.3. The molecule has 1 aliphatic heterocycles. The van der Waals surface area contributed by atoms with Gasteiger partial charge in [-0.15, -0.1) is 0 Å². The Labute approximate surface area is 165 Å². The number of rotatable bonds is 7. The Morgan fingerprint density at radius 2 is 2.00 bits per heavy atom. The summed E-state index contributed by atoms with van der Waals surface area (Å²) in [7, 11) is -1.42. The number of piperidine rings is 1. The smallest absolute Gasteiger partial charge is 0.240 e. The van der Waals surface area contributed by atoms with Crippen molar-refractivity contribution in [3.63, 3.8) is 0 Å². The van der Waals surface area contributed by atoms with Crippen molar-refractivity contribution in [2.45, 2.75) is 26.2 Å². The normalized spacial score (nSPS) is 16.5. The minimum atomic E-state index is -3.54. The van der Waals surface area contributed by atoms with Crippen molar-refractivity contribution in [3.8, 4) is 0 Å². The molecule has 0 aromatic heterocycles. The molecule has 1 aromatic rings. The molecular formula is C18H28BrN3O3S. The summed E-state index contributed by atoms with van der Waals surface area (Å²) in [4.78, 5) is 14.6. The number of anilines is 1. The predicted molar refractivity (Wildman–Crippen MR) is 109 cm³/mol. The summed E-state index contributed by atoms with van der Waals surface area (Å²) < 4.78 is 26.3. The van der Waals surface area contributed by atoms with E-state index in [0.717, 1.165) is 52.9 Å². The van der Waals surface area contributed by atoms with Gasteiger partial charge in [0.1, 0.15) is 6.54 Å². The fraction of sp³-hybridized carbons (Fsp3) is 0.611. The molecule has 0 unspecified atom stereocenters. The molecular weight excluding hydrogens is 418 g/mol. The summed E-state index contributed by atoms with van der Waals surface area (Å²) >= 11 is 3.41. The quantitative estimate of drug-likeness (QED) is 0.699. The number of sulfonamides is 1. The van der Waals surface area contributed by atoms with Crippen molar-refractivity contribution in [1.82, 2.24) is 10.2 Å². The highest BCUT2D eigenvalue weighted by Gasteiger charge is 2.22. The van der Waals surface area contributed by atoms with Crippen molar-refractivity contribution < 1.29 is 13.2 Å². The van der Waals surface area contributed by atoms with Crippen molar-refractivity contribution in [2.75, 3.05) is 43.8 Å². The zero-order valence-electron chi connectivity index (χ0n) is 15.7. The van der Waals surface area contributed by atoms with Crippen LogP contribution in [0.4, 0.5) is 5.69 Å². The molecule has 1 saturated heterocycles. The number of hydrogen-bond acceptors (Lipinski definition) is 4. The van der Waals surface area contributed by atoms with Gasteiger partial charge in [0.15, 0.2) is 0 Å². The molecule has 1 aliphatic rings. The maximum absolute atomic E-state index is 12.3. The first kappa shape index (κ1) is 21.2. The number of likely N-dealkylation sites (tertiary alicyclic amines) is 1. The molecule has 146 valence electrons. The molecule has 1 heterocycles. The van der Waals surface area contributed by atoms with E-state index in [1.54, 1.807) is 18.2 Å². The van der Waals surface area contributed by atoms with Gasteiger partial charge >= 0.3 is 0 Å². The van der Waals surface area contributed by atoms with E-state index in [9.17, 15) is 13.2 Å². The highest BCUT2D eigenvalue weighted by molar-refractivity contribution is 9.10. The molecule has 26 heavy (non-hydrogen) atoms. The Hall–Kier alpha value is -1.12. The van der Waals surface area contributed by atoms with Gasteiger partial charge in [-0.3, -0.25) is 9.10 Å². The second kappa shape index (κ2) is 9.19. The molecule has 0 bridgehead atoms. The van der Waals surface area contributed by atoms with Gasteiger partial charge in [0.2, 0.25) is 15.9 Å². The van der Waals surface area contributed by atoms with Gasteiger partial charge < -0.3 is 10.2 Å². The molecule has 0 spiro atoms. The number of nitrogens with one attached hydrogen (secondary N) is 1. The van der Waals surface area contributed by atoms with E-state index >= 15 is 0 Å². The average Bonchev–Trinajstić information content (AvgIpc) is 2.56. The van der Waals surface area contributed by atoms with Crippen LogP contribution in [0.25, 0.3) is 0 Å². The molecule has 0 radical (unpaired) electrons. The number of aryl methyl sites for hydroxylation is 1. The maximum Gasteiger partial charge on any atom is 0.240 e. The van der Waals surface area contributed by atoms with Crippen LogP contribution in [0, 0.1) is 12.8 Å². The minimum Gasteiger partial charge on any atom is -0.355 e. The van der Waals surface area contributed by atoms with Crippen LogP contribution in [0.5, 0.6) is 0 Å². The number of carbonyl (C=O) groups is 1. The summed E-state index contributed by atoms with van der Waals surface area (Å²) in [5.41, 5.74) is 1.41. The van der Waals surface area contributed by atoms with E-state index in [2.05, 4.69) is 33.2 Å². The fourth-order valence-corrected chi connectivity index (χ4v) is 4.23. The van der Waals surface area contributed by atoms with Crippen LogP contribution in [0.3, 0.4) is 0 Å². The van der Waals surface area contributed by atoms with Crippen LogP contribution in [0.2, 0.25) is 0 Å². The van der Waals surface area contributed by atoms with Gasteiger partial charge in [-0.2, -0.15) is 0 Å². The molecule has 0 saturated carbocycles. The zero-order valence-corrected chi connectivity index (χ0v) is 18.1. The number of benzene rings is 1. The summed E-state index contributed by atoms with van der Waals surface area (Å²) in [6.45, 7) is 4.47.